The molecule has 0 bridgehead atoms. The minimum Gasteiger partial charge on any atom is -0.493 e. The van der Waals surface area contributed by atoms with E-state index in [2.05, 4.69) is 10.4 Å². The molecule has 176 valence electrons. The lowest BCUT2D eigenvalue weighted by molar-refractivity contribution is 0.324. The molecular formula is C27H24N4O4. The third kappa shape index (κ3) is 4.41. The Morgan fingerprint density at radius 3 is 2.17 bits per heavy atom. The van der Waals surface area contributed by atoms with Crippen molar-refractivity contribution in [3.05, 3.63) is 85.2 Å². The van der Waals surface area contributed by atoms with Crippen LogP contribution in [0.5, 0.6) is 28.7 Å². The number of rotatable bonds is 8. The van der Waals surface area contributed by atoms with Crippen LogP contribution in [-0.4, -0.2) is 35.9 Å². The van der Waals surface area contributed by atoms with Crippen LogP contribution in [0.25, 0.3) is 16.8 Å². The molecule has 35 heavy (non-hydrogen) atoms. The fourth-order valence-corrected chi connectivity index (χ4v) is 3.82. The van der Waals surface area contributed by atoms with Gasteiger partial charge in [0.05, 0.1) is 33.1 Å². The van der Waals surface area contributed by atoms with Gasteiger partial charge in [-0.1, -0.05) is 36.4 Å². The van der Waals surface area contributed by atoms with Gasteiger partial charge in [-0.05, 0) is 24.3 Å². The molecule has 0 unspecified atom stereocenters. The fourth-order valence-electron chi connectivity index (χ4n) is 3.82. The number of aromatic nitrogens is 3. The molecule has 5 aromatic rings. The highest BCUT2D eigenvalue weighted by molar-refractivity contribution is 5.82. The minimum absolute atomic E-state index is 0.525. The number of hydrogen-bond acceptors (Lipinski definition) is 7. The summed E-state index contributed by atoms with van der Waals surface area (Å²) in [5.41, 5.74) is 3.17. The Kier molecular flexibility index (Phi) is 6.09. The van der Waals surface area contributed by atoms with E-state index in [4.69, 9.17) is 23.9 Å². The van der Waals surface area contributed by atoms with Crippen LogP contribution in [0.15, 0.2) is 85.2 Å². The summed E-state index contributed by atoms with van der Waals surface area (Å²) >= 11 is 0. The summed E-state index contributed by atoms with van der Waals surface area (Å²) in [7, 11) is 4.74. The first-order valence-corrected chi connectivity index (χ1v) is 10.9. The van der Waals surface area contributed by atoms with Gasteiger partial charge in [-0.15, -0.1) is 0 Å². The summed E-state index contributed by atoms with van der Waals surface area (Å²) in [5, 5.41) is 7.80. The van der Waals surface area contributed by atoms with Gasteiger partial charge in [0.2, 0.25) is 5.75 Å². The van der Waals surface area contributed by atoms with Crippen LogP contribution >= 0.6 is 0 Å². The van der Waals surface area contributed by atoms with Gasteiger partial charge in [0.1, 0.15) is 17.3 Å². The largest absolute Gasteiger partial charge is 0.493 e. The zero-order chi connectivity index (χ0) is 24.2. The quantitative estimate of drug-likeness (QED) is 0.301. The van der Waals surface area contributed by atoms with Gasteiger partial charge in [0.15, 0.2) is 17.1 Å². The molecule has 8 nitrogen and oxygen atoms in total. The summed E-state index contributed by atoms with van der Waals surface area (Å²) in [6, 6.07) is 23.0. The standard InChI is InChI=1S/C27H24N4O4/c1-32-23-15-18(16-24(33-2)26(23)34-3)29-25-13-14-31-27(30-25)21(17-28-31)20-11-7-8-12-22(20)35-19-9-5-4-6-10-19/h4-17H,1-3H3,(H,29,30). The van der Waals surface area contributed by atoms with Crippen molar-refractivity contribution < 1.29 is 18.9 Å². The first-order valence-electron chi connectivity index (χ1n) is 10.9. The van der Waals surface area contributed by atoms with Crippen molar-refractivity contribution in [1.29, 1.82) is 0 Å². The van der Waals surface area contributed by atoms with Crippen LogP contribution in [0.1, 0.15) is 0 Å². The molecule has 8 heteroatoms. The maximum atomic E-state index is 6.16. The van der Waals surface area contributed by atoms with Crippen molar-refractivity contribution in [3.63, 3.8) is 0 Å². The van der Waals surface area contributed by atoms with Crippen molar-refractivity contribution in [2.24, 2.45) is 0 Å². The Hall–Kier alpha value is -4.72. The van der Waals surface area contributed by atoms with Gasteiger partial charge in [0.25, 0.3) is 0 Å². The zero-order valence-electron chi connectivity index (χ0n) is 19.6. The van der Waals surface area contributed by atoms with Crippen molar-refractivity contribution in [2.45, 2.75) is 0 Å². The van der Waals surface area contributed by atoms with E-state index in [1.807, 2.05) is 79.0 Å². The molecule has 2 heterocycles. The maximum absolute atomic E-state index is 6.16. The fraction of sp³-hybridized carbons (Fsp3) is 0.111. The van der Waals surface area contributed by atoms with E-state index in [1.54, 1.807) is 32.0 Å². The highest BCUT2D eigenvalue weighted by Crippen LogP contribution is 2.41. The van der Waals surface area contributed by atoms with Gasteiger partial charge >= 0.3 is 0 Å². The average molecular weight is 469 g/mol. The maximum Gasteiger partial charge on any atom is 0.203 e. The second-order valence-corrected chi connectivity index (χ2v) is 7.59. The smallest absolute Gasteiger partial charge is 0.203 e. The first-order chi connectivity index (χ1) is 17.2. The van der Waals surface area contributed by atoms with E-state index in [0.717, 1.165) is 28.3 Å². The molecular weight excluding hydrogens is 444 g/mol. The third-order valence-electron chi connectivity index (χ3n) is 5.45. The van der Waals surface area contributed by atoms with Gasteiger partial charge in [-0.25, -0.2) is 9.50 Å². The van der Waals surface area contributed by atoms with Gasteiger partial charge in [-0.2, -0.15) is 5.10 Å². The summed E-state index contributed by atoms with van der Waals surface area (Å²) in [6.07, 6.45) is 3.64. The summed E-state index contributed by atoms with van der Waals surface area (Å²) in [4.78, 5) is 4.83. The van der Waals surface area contributed by atoms with E-state index in [9.17, 15) is 0 Å². The molecule has 0 spiro atoms. The Labute approximate surface area is 202 Å². The van der Waals surface area contributed by atoms with Crippen molar-refractivity contribution in [1.82, 2.24) is 14.6 Å². The molecule has 0 aliphatic rings. The zero-order valence-corrected chi connectivity index (χ0v) is 19.6. The molecule has 0 amide bonds. The monoisotopic (exact) mass is 468 g/mol. The second-order valence-electron chi connectivity index (χ2n) is 7.59. The van der Waals surface area contributed by atoms with Gasteiger partial charge in [-0.3, -0.25) is 0 Å². The molecule has 0 atom stereocenters. The number of fused-ring (bicyclic) bond motifs is 1. The summed E-state index contributed by atoms with van der Waals surface area (Å²) in [6.45, 7) is 0. The van der Waals surface area contributed by atoms with E-state index in [1.165, 1.54) is 0 Å². The minimum atomic E-state index is 0.525. The van der Waals surface area contributed by atoms with Gasteiger partial charge < -0.3 is 24.3 Å². The Morgan fingerprint density at radius 2 is 1.46 bits per heavy atom. The number of hydrogen-bond donors (Lipinski definition) is 1. The molecule has 0 saturated carbocycles. The average Bonchev–Trinajstić information content (AvgIpc) is 3.32. The van der Waals surface area contributed by atoms with Crippen LogP contribution in [0.3, 0.4) is 0 Å². The number of ether oxygens (including phenoxy) is 4. The Bertz CT molecular complexity index is 1440. The SMILES string of the molecule is COc1cc(Nc2ccn3ncc(-c4ccccc4Oc4ccccc4)c3n2)cc(OC)c1OC. The van der Waals surface area contributed by atoms with Crippen molar-refractivity contribution in [3.8, 4) is 39.9 Å². The number of anilines is 2. The molecule has 0 aliphatic carbocycles. The number of nitrogens with zero attached hydrogens (tertiary/aromatic N) is 3. The van der Waals surface area contributed by atoms with Crippen LogP contribution in [-0.2, 0) is 0 Å². The molecule has 3 aromatic carbocycles. The van der Waals surface area contributed by atoms with E-state index < -0.39 is 0 Å². The lowest BCUT2D eigenvalue weighted by atomic mass is 10.1. The number of methoxy groups -OCH3 is 3. The normalized spacial score (nSPS) is 10.7. The predicted molar refractivity (Wildman–Crippen MR) is 134 cm³/mol. The first kappa shape index (κ1) is 22.1. The summed E-state index contributed by atoms with van der Waals surface area (Å²) < 4.78 is 24.2. The molecule has 1 N–H and O–H groups in total. The van der Waals surface area contributed by atoms with Crippen LogP contribution in [0.2, 0.25) is 0 Å². The Balaban J connectivity index is 1.52. The summed E-state index contributed by atoms with van der Waals surface area (Å²) in [5.74, 6) is 3.74. The lowest BCUT2D eigenvalue weighted by Gasteiger charge is -2.15. The number of nitrogens with one attached hydrogen (secondary N) is 1. The lowest BCUT2D eigenvalue weighted by Crippen LogP contribution is -2.00. The van der Waals surface area contributed by atoms with E-state index in [-0.39, 0.29) is 0 Å². The van der Waals surface area contributed by atoms with Crippen LogP contribution in [0.4, 0.5) is 11.5 Å². The predicted octanol–water partition coefficient (Wildman–Crippen LogP) is 5.96. The molecule has 2 aromatic heterocycles. The van der Waals surface area contributed by atoms with Crippen molar-refractivity contribution >= 4 is 17.2 Å². The third-order valence-corrected chi connectivity index (χ3v) is 5.45. The topological polar surface area (TPSA) is 79.1 Å². The number of para-hydroxylation sites is 2. The van der Waals surface area contributed by atoms with Crippen molar-refractivity contribution in [2.75, 3.05) is 26.6 Å². The second kappa shape index (κ2) is 9.64. The van der Waals surface area contributed by atoms with Crippen LogP contribution in [0, 0.1) is 0 Å². The van der Waals surface area contributed by atoms with Gasteiger partial charge in [0, 0.05) is 29.6 Å². The number of benzene rings is 3. The molecule has 0 saturated heterocycles. The highest BCUT2D eigenvalue weighted by atomic mass is 16.5. The molecule has 5 rings (SSSR count). The Morgan fingerprint density at radius 1 is 0.743 bits per heavy atom. The molecule has 0 fully saturated rings. The molecule has 0 radical (unpaired) electrons. The highest BCUT2D eigenvalue weighted by Gasteiger charge is 2.16. The molecule has 0 aliphatic heterocycles. The van der Waals surface area contributed by atoms with E-state index in [0.29, 0.717) is 28.7 Å². The van der Waals surface area contributed by atoms with E-state index >= 15 is 0 Å². The van der Waals surface area contributed by atoms with Crippen LogP contribution < -0.4 is 24.3 Å².